The molecule has 2 rings (SSSR count). The molecule has 0 aliphatic rings. The fourth-order valence-corrected chi connectivity index (χ4v) is 2.59. The minimum atomic E-state index is -1.09. The van der Waals surface area contributed by atoms with Crippen LogP contribution in [0.2, 0.25) is 0 Å². The number of aromatic nitrogens is 2. The zero-order valence-electron chi connectivity index (χ0n) is 11.6. The lowest BCUT2D eigenvalue weighted by molar-refractivity contribution is 0.0683. The molecule has 0 unspecified atom stereocenters. The average molecular weight is 276 g/mol. The van der Waals surface area contributed by atoms with E-state index in [0.29, 0.717) is 35.2 Å². The highest BCUT2D eigenvalue weighted by Gasteiger charge is 2.24. The van der Waals surface area contributed by atoms with E-state index in [4.69, 9.17) is 0 Å². The summed E-state index contributed by atoms with van der Waals surface area (Å²) >= 11 is 0. The van der Waals surface area contributed by atoms with E-state index in [-0.39, 0.29) is 11.1 Å². The summed E-state index contributed by atoms with van der Waals surface area (Å²) < 4.78 is 1.49. The standard InChI is InChI=1S/C14H16N2O4/c1-4-8-6-16-12(9(5-2)11(8)14(19)20)10(13(17)18)7(3)15-16/h6H,4-5H2,1-3H3,(H,17,18)(H,19,20). The molecule has 2 heterocycles. The number of nitrogens with zero attached hydrogens (tertiary/aromatic N) is 2. The molecule has 0 spiro atoms. The molecular formula is C14H16N2O4. The van der Waals surface area contributed by atoms with Crippen molar-refractivity contribution in [1.29, 1.82) is 0 Å². The highest BCUT2D eigenvalue weighted by atomic mass is 16.4. The second-order valence-electron chi connectivity index (χ2n) is 4.58. The topological polar surface area (TPSA) is 91.9 Å². The minimum absolute atomic E-state index is 0.0759. The summed E-state index contributed by atoms with van der Waals surface area (Å²) in [5.74, 6) is -2.12. The Morgan fingerprint density at radius 3 is 2.20 bits per heavy atom. The number of fused-ring (bicyclic) bond motifs is 1. The third-order valence-electron chi connectivity index (χ3n) is 3.43. The van der Waals surface area contributed by atoms with Crippen LogP contribution in [-0.4, -0.2) is 31.8 Å². The number of aryl methyl sites for hydroxylation is 3. The van der Waals surface area contributed by atoms with Gasteiger partial charge in [0.05, 0.1) is 16.8 Å². The summed E-state index contributed by atoms with van der Waals surface area (Å²) in [6.07, 6.45) is 2.59. The largest absolute Gasteiger partial charge is 0.478 e. The van der Waals surface area contributed by atoms with Gasteiger partial charge in [-0.05, 0) is 30.9 Å². The maximum absolute atomic E-state index is 11.5. The SMILES string of the molecule is CCc1cn2nc(C)c(C(=O)O)c2c(CC)c1C(=O)O. The number of rotatable bonds is 4. The van der Waals surface area contributed by atoms with E-state index in [1.54, 1.807) is 13.1 Å². The minimum Gasteiger partial charge on any atom is -0.478 e. The Morgan fingerprint density at radius 2 is 1.75 bits per heavy atom. The summed E-state index contributed by atoms with van der Waals surface area (Å²) in [4.78, 5) is 22.9. The van der Waals surface area contributed by atoms with Crippen LogP contribution in [0.5, 0.6) is 0 Å². The van der Waals surface area contributed by atoms with Gasteiger partial charge in [0.15, 0.2) is 0 Å². The van der Waals surface area contributed by atoms with Crippen molar-refractivity contribution in [3.8, 4) is 0 Å². The predicted molar refractivity (Wildman–Crippen MR) is 72.6 cm³/mol. The van der Waals surface area contributed by atoms with Crippen LogP contribution in [-0.2, 0) is 12.8 Å². The zero-order valence-corrected chi connectivity index (χ0v) is 11.6. The summed E-state index contributed by atoms with van der Waals surface area (Å²) in [5.41, 5.74) is 2.22. The molecule has 6 nitrogen and oxygen atoms in total. The van der Waals surface area contributed by atoms with Crippen LogP contribution in [0.4, 0.5) is 0 Å². The first-order valence-corrected chi connectivity index (χ1v) is 6.42. The van der Waals surface area contributed by atoms with E-state index in [2.05, 4.69) is 5.10 Å². The Hall–Kier alpha value is -2.37. The van der Waals surface area contributed by atoms with E-state index in [9.17, 15) is 19.8 Å². The fourth-order valence-electron chi connectivity index (χ4n) is 2.59. The molecule has 2 N–H and O–H groups in total. The third kappa shape index (κ3) is 1.93. The van der Waals surface area contributed by atoms with Gasteiger partial charge in [0.2, 0.25) is 0 Å². The van der Waals surface area contributed by atoms with Crippen LogP contribution in [0.3, 0.4) is 0 Å². The lowest BCUT2D eigenvalue weighted by atomic mass is 9.97. The van der Waals surface area contributed by atoms with Crippen molar-refractivity contribution in [3.63, 3.8) is 0 Å². The molecule has 0 fully saturated rings. The van der Waals surface area contributed by atoms with E-state index in [1.165, 1.54) is 4.52 Å². The molecule has 0 saturated carbocycles. The van der Waals surface area contributed by atoms with Crippen molar-refractivity contribution in [3.05, 3.63) is 34.1 Å². The van der Waals surface area contributed by atoms with Crippen LogP contribution in [0, 0.1) is 6.92 Å². The summed E-state index contributed by atoms with van der Waals surface area (Å²) in [5, 5.41) is 23.0. The van der Waals surface area contributed by atoms with Crippen molar-refractivity contribution in [2.75, 3.05) is 0 Å². The first kappa shape index (κ1) is 14.0. The molecule has 0 aromatic carbocycles. The molecular weight excluding hydrogens is 260 g/mol. The van der Waals surface area contributed by atoms with Gasteiger partial charge in [-0.2, -0.15) is 5.10 Å². The van der Waals surface area contributed by atoms with Crippen molar-refractivity contribution < 1.29 is 19.8 Å². The van der Waals surface area contributed by atoms with Gasteiger partial charge >= 0.3 is 11.9 Å². The first-order valence-electron chi connectivity index (χ1n) is 6.42. The van der Waals surface area contributed by atoms with Gasteiger partial charge in [-0.3, -0.25) is 0 Å². The number of carbonyl (C=O) groups is 2. The maximum Gasteiger partial charge on any atom is 0.339 e. The fraction of sp³-hybridized carbons (Fsp3) is 0.357. The number of pyridine rings is 1. The Bertz CT molecular complexity index is 716. The van der Waals surface area contributed by atoms with Gasteiger partial charge in [-0.15, -0.1) is 0 Å². The quantitative estimate of drug-likeness (QED) is 0.892. The van der Waals surface area contributed by atoms with Gasteiger partial charge in [-0.1, -0.05) is 13.8 Å². The van der Waals surface area contributed by atoms with Crippen molar-refractivity contribution in [1.82, 2.24) is 9.61 Å². The highest BCUT2D eigenvalue weighted by molar-refractivity contribution is 6.01. The van der Waals surface area contributed by atoms with E-state index < -0.39 is 11.9 Å². The van der Waals surface area contributed by atoms with Crippen molar-refractivity contribution >= 4 is 17.5 Å². The number of hydrogen-bond donors (Lipinski definition) is 2. The predicted octanol–water partition coefficient (Wildman–Crippen LogP) is 2.16. The Balaban J connectivity index is 3.01. The molecule has 106 valence electrons. The van der Waals surface area contributed by atoms with Crippen LogP contribution in [0.15, 0.2) is 6.20 Å². The molecule has 0 aliphatic heterocycles. The smallest absolute Gasteiger partial charge is 0.339 e. The summed E-state index contributed by atoms with van der Waals surface area (Å²) in [6.45, 7) is 5.29. The Labute approximate surface area is 115 Å². The highest BCUT2D eigenvalue weighted by Crippen LogP contribution is 2.26. The van der Waals surface area contributed by atoms with Gasteiger partial charge in [0.25, 0.3) is 0 Å². The molecule has 0 amide bonds. The third-order valence-corrected chi connectivity index (χ3v) is 3.43. The molecule has 0 radical (unpaired) electrons. The second kappa shape index (κ2) is 4.96. The molecule has 0 saturated heterocycles. The molecule has 0 aliphatic carbocycles. The lowest BCUT2D eigenvalue weighted by Gasteiger charge is -2.12. The molecule has 2 aromatic rings. The van der Waals surface area contributed by atoms with Crippen LogP contribution < -0.4 is 0 Å². The van der Waals surface area contributed by atoms with Crippen molar-refractivity contribution in [2.45, 2.75) is 33.6 Å². The van der Waals surface area contributed by atoms with E-state index >= 15 is 0 Å². The summed E-state index contributed by atoms with van der Waals surface area (Å²) in [7, 11) is 0. The average Bonchev–Trinajstić information content (AvgIpc) is 2.71. The molecule has 0 atom stereocenters. The summed E-state index contributed by atoms with van der Waals surface area (Å²) in [6, 6.07) is 0. The maximum atomic E-state index is 11.5. The van der Waals surface area contributed by atoms with Crippen LogP contribution in [0.1, 0.15) is 51.4 Å². The molecule has 2 aromatic heterocycles. The van der Waals surface area contributed by atoms with Gasteiger partial charge in [-0.25, -0.2) is 14.1 Å². The molecule has 0 bridgehead atoms. The Kier molecular flexibility index (Phi) is 3.48. The lowest BCUT2D eigenvalue weighted by Crippen LogP contribution is -2.11. The van der Waals surface area contributed by atoms with Gasteiger partial charge in [0.1, 0.15) is 5.56 Å². The number of carboxylic acids is 2. The second-order valence-corrected chi connectivity index (χ2v) is 4.58. The monoisotopic (exact) mass is 276 g/mol. The van der Waals surface area contributed by atoms with Crippen LogP contribution in [0.25, 0.3) is 5.52 Å². The first-order chi connectivity index (χ1) is 9.42. The van der Waals surface area contributed by atoms with Crippen LogP contribution >= 0.6 is 0 Å². The molecule has 6 heteroatoms. The zero-order chi connectivity index (χ0) is 15.0. The van der Waals surface area contributed by atoms with Gasteiger partial charge in [0, 0.05) is 6.20 Å². The van der Waals surface area contributed by atoms with E-state index in [0.717, 1.165) is 0 Å². The number of carboxylic acid groups (broad SMARTS) is 2. The molecule has 20 heavy (non-hydrogen) atoms. The Morgan fingerprint density at radius 1 is 1.15 bits per heavy atom. The van der Waals surface area contributed by atoms with E-state index in [1.807, 2.05) is 13.8 Å². The number of hydrogen-bond acceptors (Lipinski definition) is 3. The van der Waals surface area contributed by atoms with Gasteiger partial charge < -0.3 is 10.2 Å². The van der Waals surface area contributed by atoms with Crippen molar-refractivity contribution in [2.24, 2.45) is 0 Å². The normalized spacial score (nSPS) is 10.9. The number of aromatic carboxylic acids is 2.